The first-order valence-corrected chi connectivity index (χ1v) is 14.1. The number of ether oxygens (including phenoxy) is 7. The van der Waals surface area contributed by atoms with Crippen LogP contribution in [0, 0.1) is 5.92 Å². The Morgan fingerprint density at radius 3 is 2.09 bits per heavy atom. The van der Waals surface area contributed by atoms with Crippen molar-refractivity contribution in [2.45, 2.75) is 95.9 Å². The van der Waals surface area contributed by atoms with Crippen LogP contribution in [0.2, 0.25) is 0 Å². The van der Waals surface area contributed by atoms with Gasteiger partial charge in [0.25, 0.3) is 0 Å². The fraction of sp³-hybridized carbons (Fsp3) is 0.815. The normalized spacial score (nSPS) is 29.5. The van der Waals surface area contributed by atoms with Crippen molar-refractivity contribution in [2.75, 3.05) is 40.6 Å². The van der Waals surface area contributed by atoms with Crippen molar-refractivity contribution < 1.29 is 94.9 Å². The molecule has 1 saturated heterocycles. The van der Waals surface area contributed by atoms with E-state index in [0.717, 1.165) is 13.8 Å². The smallest absolute Gasteiger partial charge is 0.315 e. The Morgan fingerprint density at radius 2 is 1.52 bits per heavy atom. The van der Waals surface area contributed by atoms with E-state index < -0.39 is 72.7 Å². The van der Waals surface area contributed by atoms with Crippen molar-refractivity contribution in [3.05, 3.63) is 0 Å². The Kier molecular flexibility index (Phi) is 18.4. The number of unbranched alkanes of at least 4 members (excludes halogenated alkanes) is 1. The van der Waals surface area contributed by atoms with Crippen molar-refractivity contribution in [3.8, 4) is 0 Å². The molecule has 249 valence electrons. The summed E-state index contributed by atoms with van der Waals surface area (Å²) in [4.78, 5) is 59.7. The number of carbonyl (C=O) groups is 5. The maximum atomic E-state index is 12.4. The fourth-order valence-corrected chi connectivity index (χ4v) is 5.21. The zero-order valence-electron chi connectivity index (χ0n) is 26.1. The van der Waals surface area contributed by atoms with E-state index in [4.69, 9.17) is 33.2 Å². The summed E-state index contributed by atoms with van der Waals surface area (Å²) in [5.74, 6) is -2.64. The summed E-state index contributed by atoms with van der Waals surface area (Å²) >= 11 is 0. The number of rotatable bonds is 15. The molecule has 1 unspecified atom stereocenters. The van der Waals surface area contributed by atoms with E-state index in [0.29, 0.717) is 32.4 Å². The Labute approximate surface area is 282 Å². The zero-order valence-corrected chi connectivity index (χ0v) is 28.9. The maximum absolute atomic E-state index is 12.4. The number of hydrogen-bond donors (Lipinski definition) is 4. The molecule has 1 aliphatic carbocycles. The van der Waals surface area contributed by atoms with Crippen LogP contribution in [0.1, 0.15) is 47.0 Å². The summed E-state index contributed by atoms with van der Waals surface area (Å²) in [5.41, 5.74) is 0. The fourth-order valence-electron chi connectivity index (χ4n) is 5.21. The van der Waals surface area contributed by atoms with E-state index in [9.17, 15) is 29.1 Å². The molecule has 2 aliphatic rings. The van der Waals surface area contributed by atoms with E-state index >= 15 is 0 Å². The molecule has 1 heterocycles. The largest absolute Gasteiger partial charge is 0.463 e. The molecular weight excluding hydrogens is 663 g/mol. The van der Waals surface area contributed by atoms with Gasteiger partial charge in [-0.15, -0.1) is 0 Å². The minimum absolute atomic E-state index is 0. The van der Waals surface area contributed by atoms with E-state index in [2.05, 4.69) is 16.0 Å². The van der Waals surface area contributed by atoms with Crippen molar-refractivity contribution >= 4 is 29.8 Å². The molecule has 1 radical (unpaired) electrons. The summed E-state index contributed by atoms with van der Waals surface area (Å²) in [7, 11) is 3.02. The summed E-state index contributed by atoms with van der Waals surface area (Å²) in [6.45, 7) is 5.22. The first-order chi connectivity index (χ1) is 20.4. The zero-order chi connectivity index (χ0) is 32.1. The van der Waals surface area contributed by atoms with Gasteiger partial charge >= 0.3 is 23.9 Å². The van der Waals surface area contributed by atoms with E-state index in [-0.39, 0.29) is 57.9 Å². The third-order valence-electron chi connectivity index (χ3n) is 6.95. The van der Waals surface area contributed by atoms with Gasteiger partial charge in [0.2, 0.25) is 5.91 Å². The number of urea groups is 1. The van der Waals surface area contributed by atoms with Crippen molar-refractivity contribution in [3.63, 3.8) is 0 Å². The molecule has 0 spiro atoms. The van der Waals surface area contributed by atoms with E-state index in [1.54, 1.807) is 7.11 Å². The van der Waals surface area contributed by atoms with Crippen LogP contribution in [0.15, 0.2) is 0 Å². The molecule has 0 aromatic heterocycles. The molecule has 9 atom stereocenters. The number of aliphatic hydroxyl groups excluding tert-OH is 1. The number of nitrogens with one attached hydrogen (secondary N) is 3. The van der Waals surface area contributed by atoms with Crippen LogP contribution < -0.4 is 16.0 Å². The van der Waals surface area contributed by atoms with Crippen LogP contribution in [0.5, 0.6) is 0 Å². The summed E-state index contributed by atoms with van der Waals surface area (Å²) in [6, 6.07) is -1.84. The number of amides is 3. The molecule has 2 rings (SSSR count). The number of hydrogen-bond acceptors (Lipinski definition) is 13. The molecule has 17 heteroatoms. The second-order valence-corrected chi connectivity index (χ2v) is 10.4. The van der Waals surface area contributed by atoms with Crippen molar-refractivity contribution in [2.24, 2.45) is 5.92 Å². The van der Waals surface area contributed by atoms with Crippen LogP contribution in [0.25, 0.3) is 0 Å². The Bertz CT molecular complexity index is 958. The first-order valence-electron chi connectivity index (χ1n) is 14.1. The third kappa shape index (κ3) is 12.8. The predicted octanol–water partition coefficient (Wildman–Crippen LogP) is -0.853. The van der Waals surface area contributed by atoms with E-state index in [1.807, 2.05) is 0 Å². The average molecular weight is 709 g/mol. The summed E-state index contributed by atoms with van der Waals surface area (Å²) in [6.07, 6.45) is -4.45. The number of esters is 3. The molecule has 44 heavy (non-hydrogen) atoms. The first kappa shape index (κ1) is 40.1. The Morgan fingerprint density at radius 1 is 0.864 bits per heavy atom. The Hall–Kier alpha value is -1.95. The molecular formula is C27H45N3O13Y. The summed E-state index contributed by atoms with van der Waals surface area (Å²) < 4.78 is 38.2. The molecule has 0 bridgehead atoms. The van der Waals surface area contributed by atoms with Crippen LogP contribution in [-0.4, -0.2) is 124 Å². The van der Waals surface area contributed by atoms with Gasteiger partial charge < -0.3 is 54.2 Å². The molecule has 1 aliphatic heterocycles. The molecule has 3 amide bonds. The topological polar surface area (TPSA) is 206 Å². The summed E-state index contributed by atoms with van der Waals surface area (Å²) in [5, 5.41) is 18.6. The van der Waals surface area contributed by atoms with Gasteiger partial charge in [-0.25, -0.2) is 4.79 Å². The standard InChI is InChI=1S/C27H45N3O13.Y/c1-14(31)29-21-25(42-17(4)34)24(41-16(3)33)20(13-40-15(2)32)43-26(21)39-10-8-7-9-28-27(36)30-19-11-18(12-37-5)22(35)23(19)38-6;/h18-26,35H,7-13H2,1-6H3,(H,29,31)(H2,28,30,36);/t18-,19-,20-,21-,22?,23-,24+,25-,26-;/m1./s1. The van der Waals surface area contributed by atoms with Gasteiger partial charge in [-0.2, -0.15) is 0 Å². The van der Waals surface area contributed by atoms with Crippen LogP contribution in [0.4, 0.5) is 4.79 Å². The van der Waals surface area contributed by atoms with Crippen LogP contribution in [-0.2, 0) is 85.0 Å². The van der Waals surface area contributed by atoms with Gasteiger partial charge in [-0.1, -0.05) is 0 Å². The van der Waals surface area contributed by atoms with Gasteiger partial charge in [0, 0.05) is 93.7 Å². The SMILES string of the molecule is COC[C@H]1C[C@@H](NC(=O)NCCCCO[C@@H]2O[C@H](COC(C)=O)[C@H](OC(C)=O)[C@H](OC(C)=O)[C@H]2NC(C)=O)[C@@H](OC)C1O.[Y]. The molecule has 0 aromatic rings. The van der Waals surface area contributed by atoms with Gasteiger partial charge in [0.05, 0.1) is 18.8 Å². The quantitative estimate of drug-likeness (QED) is 0.0931. The molecule has 16 nitrogen and oxygen atoms in total. The van der Waals surface area contributed by atoms with Crippen molar-refractivity contribution in [1.82, 2.24) is 16.0 Å². The van der Waals surface area contributed by atoms with Crippen LogP contribution >= 0.6 is 0 Å². The number of methoxy groups -OCH3 is 2. The predicted molar refractivity (Wildman–Crippen MR) is 146 cm³/mol. The van der Waals surface area contributed by atoms with Gasteiger partial charge in [0.1, 0.15) is 24.9 Å². The average Bonchev–Trinajstić information content (AvgIpc) is 3.20. The van der Waals surface area contributed by atoms with Gasteiger partial charge in [-0.3, -0.25) is 19.2 Å². The second-order valence-electron chi connectivity index (χ2n) is 10.4. The van der Waals surface area contributed by atoms with Crippen LogP contribution in [0.3, 0.4) is 0 Å². The molecule has 0 aromatic carbocycles. The van der Waals surface area contributed by atoms with Gasteiger partial charge in [-0.05, 0) is 19.3 Å². The second kappa shape index (κ2) is 20.2. The Balaban J connectivity index is 0.00000968. The molecule has 1 saturated carbocycles. The minimum Gasteiger partial charge on any atom is -0.463 e. The van der Waals surface area contributed by atoms with E-state index in [1.165, 1.54) is 21.0 Å². The number of carbonyl (C=O) groups excluding carboxylic acids is 5. The monoisotopic (exact) mass is 708 g/mol. The molecule has 4 N–H and O–H groups in total. The molecule has 2 fully saturated rings. The third-order valence-corrected chi connectivity index (χ3v) is 6.95. The van der Waals surface area contributed by atoms with Crippen molar-refractivity contribution in [1.29, 1.82) is 0 Å². The number of aliphatic hydroxyl groups is 1. The minimum atomic E-state index is -1.21. The van der Waals surface area contributed by atoms with Gasteiger partial charge in [0.15, 0.2) is 18.5 Å². The maximum Gasteiger partial charge on any atom is 0.315 e.